The van der Waals surface area contributed by atoms with Crippen molar-refractivity contribution in [1.82, 2.24) is 4.98 Å². The maximum Gasteiger partial charge on any atom is 0.341 e. The Morgan fingerprint density at radius 2 is 1.75 bits per heavy atom. The molecule has 9 nitrogen and oxygen atoms in total. The quantitative estimate of drug-likeness (QED) is 0.497. The van der Waals surface area contributed by atoms with Crippen LogP contribution >= 0.6 is 0 Å². The van der Waals surface area contributed by atoms with Crippen LogP contribution in [0.1, 0.15) is 11.1 Å². The molecular formula is C22H22N2O7S. The van der Waals surface area contributed by atoms with Crippen LogP contribution in [-0.2, 0) is 14.8 Å². The third-order valence-corrected chi connectivity index (χ3v) is 5.98. The first-order valence-corrected chi connectivity index (χ1v) is 10.9. The first kappa shape index (κ1) is 22.9. The van der Waals surface area contributed by atoms with Gasteiger partial charge in [0.1, 0.15) is 22.9 Å². The van der Waals surface area contributed by atoms with Gasteiger partial charge in [-0.3, -0.25) is 4.72 Å². The van der Waals surface area contributed by atoms with Gasteiger partial charge in [0.15, 0.2) is 6.61 Å². The van der Waals surface area contributed by atoms with Gasteiger partial charge in [-0.15, -0.1) is 0 Å². The second-order valence-corrected chi connectivity index (χ2v) is 8.41. The van der Waals surface area contributed by atoms with Crippen LogP contribution < -0.4 is 18.9 Å². The van der Waals surface area contributed by atoms with Crippen molar-refractivity contribution in [2.75, 3.05) is 18.4 Å². The molecule has 2 N–H and O–H groups in total. The Morgan fingerprint density at radius 3 is 2.41 bits per heavy atom. The summed E-state index contributed by atoms with van der Waals surface area (Å²) in [6.45, 7) is 2.67. The van der Waals surface area contributed by atoms with E-state index in [4.69, 9.17) is 19.3 Å². The van der Waals surface area contributed by atoms with Crippen molar-refractivity contribution in [3.63, 3.8) is 0 Å². The number of carboxylic acid groups (broad SMARTS) is 1. The predicted octanol–water partition coefficient (Wildman–Crippen LogP) is 3.76. The van der Waals surface area contributed by atoms with E-state index in [1.165, 1.54) is 18.3 Å². The van der Waals surface area contributed by atoms with Gasteiger partial charge in [-0.25, -0.2) is 18.2 Å². The molecule has 3 rings (SSSR count). The van der Waals surface area contributed by atoms with Crippen LogP contribution in [0.5, 0.6) is 23.1 Å². The summed E-state index contributed by atoms with van der Waals surface area (Å²) >= 11 is 0. The molecule has 3 aromatic rings. The summed E-state index contributed by atoms with van der Waals surface area (Å²) in [5, 5.41) is 8.88. The van der Waals surface area contributed by atoms with Crippen molar-refractivity contribution < 1.29 is 32.5 Å². The predicted molar refractivity (Wildman–Crippen MR) is 117 cm³/mol. The molecule has 0 atom stereocenters. The number of nitrogens with zero attached hydrogens (tertiary/aromatic N) is 1. The van der Waals surface area contributed by atoms with E-state index in [-0.39, 0.29) is 22.2 Å². The maximum atomic E-state index is 13.1. The molecule has 0 fully saturated rings. The number of pyridine rings is 1. The van der Waals surface area contributed by atoms with E-state index >= 15 is 0 Å². The lowest BCUT2D eigenvalue weighted by Gasteiger charge is -2.16. The molecular weight excluding hydrogens is 436 g/mol. The highest BCUT2D eigenvalue weighted by Crippen LogP contribution is 2.33. The third kappa shape index (κ3) is 5.27. The molecule has 1 aromatic heterocycles. The van der Waals surface area contributed by atoms with Gasteiger partial charge < -0.3 is 19.3 Å². The summed E-state index contributed by atoms with van der Waals surface area (Å²) < 4.78 is 44.9. The Morgan fingerprint density at radius 1 is 1.06 bits per heavy atom. The summed E-state index contributed by atoms with van der Waals surface area (Å²) in [6, 6.07) is 12.8. The molecule has 0 unspecified atom stereocenters. The summed E-state index contributed by atoms with van der Waals surface area (Å²) in [5.41, 5.74) is 1.05. The average molecular weight is 458 g/mol. The van der Waals surface area contributed by atoms with Gasteiger partial charge in [-0.2, -0.15) is 0 Å². The second kappa shape index (κ2) is 9.56. The van der Waals surface area contributed by atoms with Gasteiger partial charge >= 0.3 is 5.97 Å². The monoisotopic (exact) mass is 458 g/mol. The van der Waals surface area contributed by atoms with Gasteiger partial charge in [-0.1, -0.05) is 6.07 Å². The molecule has 0 aliphatic carbocycles. The molecule has 0 aliphatic rings. The zero-order valence-electron chi connectivity index (χ0n) is 17.7. The molecule has 1 heterocycles. The average Bonchev–Trinajstić information content (AvgIpc) is 2.75. The Balaban J connectivity index is 1.90. The number of rotatable bonds is 9. The maximum absolute atomic E-state index is 13.1. The molecule has 0 saturated heterocycles. The van der Waals surface area contributed by atoms with E-state index in [0.29, 0.717) is 22.6 Å². The number of anilines is 1. The number of carboxylic acids is 1. The number of benzene rings is 2. The van der Waals surface area contributed by atoms with E-state index in [2.05, 4.69) is 9.71 Å². The number of aromatic nitrogens is 1. The van der Waals surface area contributed by atoms with Crippen LogP contribution in [0.25, 0.3) is 0 Å². The Hall–Kier alpha value is -3.79. The van der Waals surface area contributed by atoms with Gasteiger partial charge in [0.05, 0.1) is 12.0 Å². The van der Waals surface area contributed by atoms with Crippen molar-refractivity contribution >= 4 is 21.7 Å². The van der Waals surface area contributed by atoms with Crippen LogP contribution in [0.15, 0.2) is 59.6 Å². The van der Waals surface area contributed by atoms with E-state index < -0.39 is 22.6 Å². The van der Waals surface area contributed by atoms with Gasteiger partial charge in [0.2, 0.25) is 5.88 Å². The summed E-state index contributed by atoms with van der Waals surface area (Å²) in [4.78, 5) is 14.9. The minimum absolute atomic E-state index is 0.0530. The first-order valence-electron chi connectivity index (χ1n) is 9.46. The molecule has 168 valence electrons. The van der Waals surface area contributed by atoms with E-state index in [0.717, 1.165) is 0 Å². The Labute approximate surface area is 185 Å². The Kier molecular flexibility index (Phi) is 6.84. The minimum atomic E-state index is -4.06. The number of ether oxygens (including phenoxy) is 3. The second-order valence-electron chi connectivity index (χ2n) is 6.76. The highest BCUT2D eigenvalue weighted by Gasteiger charge is 2.23. The SMILES string of the molecule is COc1ccc(Oc2ncccc2NS(=O)(=O)c2ccc(C)c(OCC(=O)O)c2C)cc1. The van der Waals surface area contributed by atoms with E-state index in [1.54, 1.807) is 57.4 Å². The molecule has 0 spiro atoms. The number of nitrogens with one attached hydrogen (secondary N) is 1. The van der Waals surface area contributed by atoms with E-state index in [9.17, 15) is 13.2 Å². The molecule has 0 bridgehead atoms. The van der Waals surface area contributed by atoms with Crippen LogP contribution in [0, 0.1) is 13.8 Å². The van der Waals surface area contributed by atoms with Gasteiger partial charge in [0, 0.05) is 11.8 Å². The number of hydrogen-bond acceptors (Lipinski definition) is 7. The lowest BCUT2D eigenvalue weighted by Crippen LogP contribution is -2.17. The van der Waals surface area contributed by atoms with Gasteiger partial charge in [0.25, 0.3) is 10.0 Å². The minimum Gasteiger partial charge on any atom is -0.497 e. The number of carbonyl (C=O) groups is 1. The summed E-state index contributed by atoms with van der Waals surface area (Å²) in [6.07, 6.45) is 1.48. The number of aliphatic carboxylic acids is 1. The van der Waals surface area contributed by atoms with Crippen molar-refractivity contribution in [1.29, 1.82) is 0 Å². The lowest BCUT2D eigenvalue weighted by atomic mass is 10.1. The van der Waals surface area contributed by atoms with Crippen molar-refractivity contribution in [3.8, 4) is 23.1 Å². The first-order chi connectivity index (χ1) is 15.2. The fraction of sp³-hybridized carbons (Fsp3) is 0.182. The molecule has 0 amide bonds. The molecule has 32 heavy (non-hydrogen) atoms. The highest BCUT2D eigenvalue weighted by atomic mass is 32.2. The zero-order chi connectivity index (χ0) is 23.3. The highest BCUT2D eigenvalue weighted by molar-refractivity contribution is 7.92. The van der Waals surface area contributed by atoms with Crippen molar-refractivity contribution in [3.05, 3.63) is 65.9 Å². The van der Waals surface area contributed by atoms with E-state index in [1.807, 2.05) is 0 Å². The molecule has 0 aliphatic heterocycles. The van der Waals surface area contributed by atoms with Gasteiger partial charge in [-0.05, 0) is 61.9 Å². The smallest absolute Gasteiger partial charge is 0.341 e. The summed E-state index contributed by atoms with van der Waals surface area (Å²) in [5.74, 6) is 0.200. The number of sulfonamides is 1. The molecule has 2 aromatic carbocycles. The number of hydrogen-bond donors (Lipinski definition) is 2. The number of methoxy groups -OCH3 is 1. The molecule has 10 heteroatoms. The largest absolute Gasteiger partial charge is 0.497 e. The van der Waals surface area contributed by atoms with Crippen molar-refractivity contribution in [2.24, 2.45) is 0 Å². The normalized spacial score (nSPS) is 11.0. The number of aryl methyl sites for hydroxylation is 1. The van der Waals surface area contributed by atoms with Crippen molar-refractivity contribution in [2.45, 2.75) is 18.7 Å². The fourth-order valence-electron chi connectivity index (χ4n) is 2.96. The Bertz CT molecular complexity index is 1230. The topological polar surface area (TPSA) is 124 Å². The van der Waals surface area contributed by atoms with Crippen LogP contribution in [0.4, 0.5) is 5.69 Å². The third-order valence-electron chi connectivity index (χ3n) is 4.47. The van der Waals surface area contributed by atoms with Crippen LogP contribution in [-0.4, -0.2) is 38.2 Å². The van der Waals surface area contributed by atoms with Crippen LogP contribution in [0.2, 0.25) is 0 Å². The lowest BCUT2D eigenvalue weighted by molar-refractivity contribution is -0.139. The molecule has 0 radical (unpaired) electrons. The molecule has 0 saturated carbocycles. The standard InChI is InChI=1S/C22H22N2O7S/c1-14-6-11-19(15(2)21(14)30-13-20(25)26)32(27,28)24-18-5-4-12-23-22(18)31-17-9-7-16(29-3)8-10-17/h4-12,24H,13H2,1-3H3,(H,25,26). The fourth-order valence-corrected chi connectivity index (χ4v) is 4.26. The van der Waals surface area contributed by atoms with Crippen LogP contribution in [0.3, 0.4) is 0 Å². The summed E-state index contributed by atoms with van der Waals surface area (Å²) in [7, 11) is -2.52. The zero-order valence-corrected chi connectivity index (χ0v) is 18.5.